The van der Waals surface area contributed by atoms with Gasteiger partial charge >= 0.3 is 6.09 Å². The van der Waals surface area contributed by atoms with Gasteiger partial charge < -0.3 is 20.1 Å². The lowest BCUT2D eigenvalue weighted by Gasteiger charge is -2.23. The normalized spacial score (nSPS) is 22.0. The first-order valence-electron chi connectivity index (χ1n) is 7.46. The quantitative estimate of drug-likeness (QED) is 0.892. The van der Waals surface area contributed by atoms with Crippen LogP contribution in [0.4, 0.5) is 20.6 Å². The van der Waals surface area contributed by atoms with Gasteiger partial charge in [0, 0.05) is 19.7 Å². The highest BCUT2D eigenvalue weighted by atomic mass is 19.1. The molecule has 2 heterocycles. The molecule has 23 heavy (non-hydrogen) atoms. The van der Waals surface area contributed by atoms with E-state index in [9.17, 15) is 14.0 Å². The number of nitrogens with zero attached hydrogens (tertiary/aromatic N) is 2. The van der Waals surface area contributed by atoms with Crippen molar-refractivity contribution in [2.24, 2.45) is 5.73 Å². The number of hydrogen-bond donors (Lipinski definition) is 1. The average molecular weight is 323 g/mol. The lowest BCUT2D eigenvalue weighted by Crippen LogP contribution is -2.32. The minimum absolute atomic E-state index is 0.00942. The molecule has 2 N–H and O–H groups in total. The van der Waals surface area contributed by atoms with Crippen molar-refractivity contribution >= 4 is 23.4 Å². The summed E-state index contributed by atoms with van der Waals surface area (Å²) in [5, 5.41) is 0. The Kier molecular flexibility index (Phi) is 4.33. The van der Waals surface area contributed by atoms with E-state index in [0.29, 0.717) is 37.7 Å². The van der Waals surface area contributed by atoms with E-state index in [0.717, 1.165) is 6.42 Å². The molecule has 2 aliphatic heterocycles. The number of benzene rings is 1. The molecule has 2 fully saturated rings. The lowest BCUT2D eigenvalue weighted by molar-refractivity contribution is -0.124. The molecule has 0 unspecified atom stereocenters. The van der Waals surface area contributed by atoms with Crippen molar-refractivity contribution in [1.82, 2.24) is 0 Å². The third-order valence-electron chi connectivity index (χ3n) is 3.94. The first-order chi connectivity index (χ1) is 11.1. The highest BCUT2D eigenvalue weighted by Gasteiger charge is 2.36. The molecular weight excluding hydrogens is 305 g/mol. The monoisotopic (exact) mass is 323 g/mol. The molecule has 2 saturated heterocycles. The number of cyclic esters (lactones) is 1. The summed E-state index contributed by atoms with van der Waals surface area (Å²) in [6.45, 7) is 2.55. The van der Waals surface area contributed by atoms with Gasteiger partial charge in [-0.1, -0.05) is 0 Å². The maximum Gasteiger partial charge on any atom is 0.415 e. The summed E-state index contributed by atoms with van der Waals surface area (Å²) in [5.41, 5.74) is 5.94. The molecule has 0 saturated carbocycles. The van der Waals surface area contributed by atoms with Crippen LogP contribution in [0, 0.1) is 5.82 Å². The summed E-state index contributed by atoms with van der Waals surface area (Å²) in [4.78, 5) is 26.0. The van der Waals surface area contributed by atoms with Crippen LogP contribution in [0.15, 0.2) is 18.2 Å². The lowest BCUT2D eigenvalue weighted by atomic mass is 10.2. The van der Waals surface area contributed by atoms with Crippen molar-refractivity contribution in [3.8, 4) is 0 Å². The Morgan fingerprint density at radius 1 is 1.30 bits per heavy atom. The summed E-state index contributed by atoms with van der Waals surface area (Å²) in [6.07, 6.45) is -0.878. The van der Waals surface area contributed by atoms with E-state index in [2.05, 4.69) is 0 Å². The van der Waals surface area contributed by atoms with Crippen LogP contribution in [0.1, 0.15) is 6.42 Å². The van der Waals surface area contributed by atoms with Crippen LogP contribution in [0.3, 0.4) is 0 Å². The second kappa shape index (κ2) is 6.41. The second-order valence-corrected chi connectivity index (χ2v) is 5.47. The van der Waals surface area contributed by atoms with Crippen molar-refractivity contribution in [2.45, 2.75) is 12.5 Å². The SMILES string of the molecule is NC(=O)[C@H]1CN(c2ccc(N3CCCOCC3)c(F)c2)C(=O)O1. The van der Waals surface area contributed by atoms with Crippen LogP contribution in [0.2, 0.25) is 0 Å². The molecule has 1 atom stereocenters. The third kappa shape index (κ3) is 3.21. The second-order valence-electron chi connectivity index (χ2n) is 5.47. The third-order valence-corrected chi connectivity index (χ3v) is 3.94. The smallest absolute Gasteiger partial charge is 0.415 e. The van der Waals surface area contributed by atoms with E-state index < -0.39 is 23.9 Å². The number of nitrogens with two attached hydrogens (primary N) is 1. The number of primary amides is 1. The molecule has 8 heteroatoms. The van der Waals surface area contributed by atoms with Crippen LogP contribution >= 0.6 is 0 Å². The maximum absolute atomic E-state index is 14.5. The Hall–Kier alpha value is -2.35. The fourth-order valence-electron chi connectivity index (χ4n) is 2.73. The molecule has 0 spiro atoms. The number of ether oxygens (including phenoxy) is 2. The van der Waals surface area contributed by atoms with Gasteiger partial charge in [-0.3, -0.25) is 9.69 Å². The van der Waals surface area contributed by atoms with Crippen LogP contribution in [0.25, 0.3) is 0 Å². The molecule has 1 aromatic rings. The molecule has 0 bridgehead atoms. The number of carbonyl (C=O) groups excluding carboxylic acids is 2. The van der Waals surface area contributed by atoms with Gasteiger partial charge in [-0.05, 0) is 24.6 Å². The first kappa shape index (κ1) is 15.5. The highest BCUT2D eigenvalue weighted by Crippen LogP contribution is 2.28. The number of anilines is 2. The maximum atomic E-state index is 14.5. The molecule has 0 aromatic heterocycles. The minimum atomic E-state index is -1.01. The largest absolute Gasteiger partial charge is 0.434 e. The highest BCUT2D eigenvalue weighted by molar-refractivity contribution is 5.95. The fraction of sp³-hybridized carbons (Fsp3) is 0.467. The van der Waals surface area contributed by atoms with Crippen molar-refractivity contribution < 1.29 is 23.5 Å². The topological polar surface area (TPSA) is 85.1 Å². The zero-order valence-corrected chi connectivity index (χ0v) is 12.5. The van der Waals surface area contributed by atoms with Crippen molar-refractivity contribution in [1.29, 1.82) is 0 Å². The molecular formula is C15H18FN3O4. The number of carbonyl (C=O) groups is 2. The van der Waals surface area contributed by atoms with Gasteiger partial charge in [-0.2, -0.15) is 0 Å². The van der Waals surface area contributed by atoms with Gasteiger partial charge in [0.25, 0.3) is 5.91 Å². The van der Waals surface area contributed by atoms with Crippen molar-refractivity contribution in [3.63, 3.8) is 0 Å². The Morgan fingerprint density at radius 2 is 2.13 bits per heavy atom. The van der Waals surface area contributed by atoms with E-state index in [4.69, 9.17) is 15.2 Å². The zero-order chi connectivity index (χ0) is 16.4. The molecule has 2 aliphatic rings. The molecule has 0 aliphatic carbocycles. The fourth-order valence-corrected chi connectivity index (χ4v) is 2.73. The van der Waals surface area contributed by atoms with Gasteiger partial charge in [0.05, 0.1) is 24.5 Å². The number of hydrogen-bond acceptors (Lipinski definition) is 5. The van der Waals surface area contributed by atoms with Crippen LogP contribution in [0.5, 0.6) is 0 Å². The van der Waals surface area contributed by atoms with E-state index in [-0.39, 0.29) is 6.54 Å². The molecule has 0 radical (unpaired) electrons. The molecule has 1 aromatic carbocycles. The van der Waals surface area contributed by atoms with Crippen LogP contribution in [-0.2, 0) is 14.3 Å². The molecule has 7 nitrogen and oxygen atoms in total. The summed E-state index contributed by atoms with van der Waals surface area (Å²) < 4.78 is 24.7. The van der Waals surface area contributed by atoms with E-state index >= 15 is 0 Å². The summed E-state index contributed by atoms with van der Waals surface area (Å²) in [5.74, 6) is -1.15. The van der Waals surface area contributed by atoms with E-state index in [1.54, 1.807) is 12.1 Å². The van der Waals surface area contributed by atoms with E-state index in [1.807, 2.05) is 4.90 Å². The summed E-state index contributed by atoms with van der Waals surface area (Å²) in [6, 6.07) is 4.53. The predicted octanol–water partition coefficient (Wildman–Crippen LogP) is 0.863. The van der Waals surface area contributed by atoms with Gasteiger partial charge in [0.2, 0.25) is 0 Å². The molecule has 2 amide bonds. The number of rotatable bonds is 3. The Morgan fingerprint density at radius 3 is 2.83 bits per heavy atom. The average Bonchev–Trinajstić information content (AvgIpc) is 2.73. The van der Waals surface area contributed by atoms with Gasteiger partial charge in [0.1, 0.15) is 5.82 Å². The van der Waals surface area contributed by atoms with Crippen LogP contribution in [-0.4, -0.2) is 51.0 Å². The van der Waals surface area contributed by atoms with Gasteiger partial charge in [-0.15, -0.1) is 0 Å². The number of amides is 2. The zero-order valence-electron chi connectivity index (χ0n) is 12.5. The standard InChI is InChI=1S/C15H18FN3O4/c16-11-8-10(19-9-13(14(17)20)23-15(19)21)2-3-12(11)18-4-1-6-22-7-5-18/h2-3,8,13H,1,4-7,9H2,(H2,17,20)/t13-/m1/s1. The molecule has 124 valence electrons. The van der Waals surface area contributed by atoms with Crippen molar-refractivity contribution in [2.75, 3.05) is 42.6 Å². The first-order valence-corrected chi connectivity index (χ1v) is 7.46. The van der Waals surface area contributed by atoms with Gasteiger partial charge in [-0.25, -0.2) is 9.18 Å². The summed E-state index contributed by atoms with van der Waals surface area (Å²) in [7, 11) is 0. The minimum Gasteiger partial charge on any atom is -0.434 e. The summed E-state index contributed by atoms with van der Waals surface area (Å²) >= 11 is 0. The Balaban J connectivity index is 1.79. The number of halogens is 1. The molecule has 3 rings (SSSR count). The van der Waals surface area contributed by atoms with Gasteiger partial charge in [0.15, 0.2) is 6.10 Å². The van der Waals surface area contributed by atoms with Crippen molar-refractivity contribution in [3.05, 3.63) is 24.0 Å². The Labute approximate surface area is 132 Å². The van der Waals surface area contributed by atoms with E-state index in [1.165, 1.54) is 11.0 Å². The predicted molar refractivity (Wildman–Crippen MR) is 80.9 cm³/mol. The Bertz CT molecular complexity index is 617. The van der Waals surface area contributed by atoms with Crippen LogP contribution < -0.4 is 15.5 Å².